The van der Waals surface area contributed by atoms with E-state index in [9.17, 15) is 0 Å². The second kappa shape index (κ2) is 12.7. The van der Waals surface area contributed by atoms with Crippen LogP contribution in [0.2, 0.25) is 0 Å². The summed E-state index contributed by atoms with van der Waals surface area (Å²) in [5.41, 5.74) is 10.7. The van der Waals surface area contributed by atoms with Crippen molar-refractivity contribution in [1.82, 2.24) is 19.9 Å². The lowest BCUT2D eigenvalue weighted by molar-refractivity contribution is 1.08. The number of aromatic nitrogens is 4. The smallest absolute Gasteiger partial charge is 0.164 e. The molecule has 9 aromatic rings. The van der Waals surface area contributed by atoms with Crippen LogP contribution >= 0.6 is 0 Å². The number of nitrogens with zero attached hydrogens (tertiary/aromatic N) is 4. The molecule has 0 spiro atoms. The SMILES string of the molecule is c1ccc(-c2ccc(-c3ccc(-c4nc(-c5ccccc5)nc(-c5cccc6ccc(-c7cnc8ccccc8c7)cc56)n4)cc3)cc2)cc1. The molecule has 2 aromatic heterocycles. The van der Waals surface area contributed by atoms with Gasteiger partial charge in [-0.15, -0.1) is 0 Å². The molecule has 2 heterocycles. The summed E-state index contributed by atoms with van der Waals surface area (Å²) in [4.78, 5) is 19.9. The standard InChI is InChI=1S/C46H30N4/c1-3-10-31(11-4-1)32-18-20-33(21-19-32)34-22-25-37(26-23-34)45-48-44(36-12-5-2-6-13-36)49-46(50-45)41-16-9-15-35-24-27-38(29-42(35)41)40-28-39-14-7-8-17-43(39)47-30-40/h1-30H. The molecule has 0 radical (unpaired) electrons. The van der Waals surface area contributed by atoms with E-state index in [2.05, 4.69) is 121 Å². The zero-order valence-electron chi connectivity index (χ0n) is 27.1. The Labute approximate surface area is 290 Å². The summed E-state index contributed by atoms with van der Waals surface area (Å²) >= 11 is 0. The first-order valence-corrected chi connectivity index (χ1v) is 16.7. The summed E-state index contributed by atoms with van der Waals surface area (Å²) in [6.45, 7) is 0. The predicted octanol–water partition coefficient (Wildman–Crippen LogP) is 11.6. The van der Waals surface area contributed by atoms with Crippen LogP contribution < -0.4 is 0 Å². The maximum atomic E-state index is 5.11. The molecule has 7 aromatic carbocycles. The van der Waals surface area contributed by atoms with Gasteiger partial charge in [-0.25, -0.2) is 15.0 Å². The highest BCUT2D eigenvalue weighted by atomic mass is 15.0. The zero-order chi connectivity index (χ0) is 33.3. The van der Waals surface area contributed by atoms with Gasteiger partial charge in [0.1, 0.15) is 0 Å². The van der Waals surface area contributed by atoms with Gasteiger partial charge < -0.3 is 0 Å². The Balaban J connectivity index is 1.12. The minimum Gasteiger partial charge on any atom is -0.256 e. The number of fused-ring (bicyclic) bond motifs is 2. The van der Waals surface area contributed by atoms with Crippen LogP contribution in [0.3, 0.4) is 0 Å². The van der Waals surface area contributed by atoms with Gasteiger partial charge in [-0.3, -0.25) is 4.98 Å². The average Bonchev–Trinajstić information content (AvgIpc) is 3.21. The van der Waals surface area contributed by atoms with Crippen molar-refractivity contribution in [1.29, 1.82) is 0 Å². The first-order valence-electron chi connectivity index (χ1n) is 16.7. The van der Waals surface area contributed by atoms with Gasteiger partial charge in [0.25, 0.3) is 0 Å². The van der Waals surface area contributed by atoms with Crippen LogP contribution in [0, 0.1) is 0 Å². The van der Waals surface area contributed by atoms with Crippen LogP contribution in [0.5, 0.6) is 0 Å². The van der Waals surface area contributed by atoms with Crippen molar-refractivity contribution in [2.45, 2.75) is 0 Å². The van der Waals surface area contributed by atoms with Gasteiger partial charge in [-0.1, -0.05) is 158 Å². The van der Waals surface area contributed by atoms with E-state index in [0.29, 0.717) is 17.5 Å². The Bertz CT molecular complexity index is 2620. The molecule has 0 aliphatic rings. The molecule has 0 bridgehead atoms. The van der Waals surface area contributed by atoms with E-state index in [0.717, 1.165) is 60.6 Å². The van der Waals surface area contributed by atoms with Gasteiger partial charge >= 0.3 is 0 Å². The zero-order valence-corrected chi connectivity index (χ0v) is 27.1. The number of hydrogen-bond donors (Lipinski definition) is 0. The van der Waals surface area contributed by atoms with E-state index in [1.165, 1.54) is 11.1 Å². The second-order valence-electron chi connectivity index (χ2n) is 12.4. The molecule has 0 fully saturated rings. The molecule has 0 aliphatic heterocycles. The van der Waals surface area contributed by atoms with Crippen molar-refractivity contribution in [2.24, 2.45) is 0 Å². The summed E-state index contributed by atoms with van der Waals surface area (Å²) < 4.78 is 0. The molecule has 50 heavy (non-hydrogen) atoms. The molecule has 4 heteroatoms. The van der Waals surface area contributed by atoms with Gasteiger partial charge in [0.05, 0.1) is 5.52 Å². The van der Waals surface area contributed by atoms with E-state index < -0.39 is 0 Å². The highest BCUT2D eigenvalue weighted by molar-refractivity contribution is 5.98. The Hall–Kier alpha value is -6.78. The third kappa shape index (κ3) is 5.69. The summed E-state index contributed by atoms with van der Waals surface area (Å²) in [6, 6.07) is 61.0. The highest BCUT2D eigenvalue weighted by Crippen LogP contribution is 2.34. The average molecular weight is 639 g/mol. The molecule has 0 N–H and O–H groups in total. The Morgan fingerprint density at radius 2 is 0.800 bits per heavy atom. The van der Waals surface area contributed by atoms with Gasteiger partial charge in [-0.05, 0) is 56.8 Å². The summed E-state index contributed by atoms with van der Waals surface area (Å²) in [5, 5.41) is 3.30. The summed E-state index contributed by atoms with van der Waals surface area (Å²) in [7, 11) is 0. The number of rotatable bonds is 6. The second-order valence-corrected chi connectivity index (χ2v) is 12.4. The van der Waals surface area contributed by atoms with Gasteiger partial charge in [0.15, 0.2) is 17.5 Å². The molecule has 0 saturated heterocycles. The number of hydrogen-bond acceptors (Lipinski definition) is 4. The van der Waals surface area contributed by atoms with Crippen molar-refractivity contribution < 1.29 is 0 Å². The molecule has 9 rings (SSSR count). The molecule has 0 unspecified atom stereocenters. The van der Waals surface area contributed by atoms with Gasteiger partial charge in [0.2, 0.25) is 0 Å². The Morgan fingerprint density at radius 1 is 0.300 bits per heavy atom. The number of pyridine rings is 1. The van der Waals surface area contributed by atoms with E-state index in [1.807, 2.05) is 60.8 Å². The fourth-order valence-electron chi connectivity index (χ4n) is 6.52. The van der Waals surface area contributed by atoms with Crippen LogP contribution in [0.4, 0.5) is 0 Å². The molecule has 0 saturated carbocycles. The topological polar surface area (TPSA) is 51.6 Å². The molecular weight excluding hydrogens is 609 g/mol. The van der Waals surface area contributed by atoms with Crippen molar-refractivity contribution in [3.8, 4) is 67.5 Å². The van der Waals surface area contributed by atoms with Crippen molar-refractivity contribution in [3.63, 3.8) is 0 Å². The fraction of sp³-hybridized carbons (Fsp3) is 0. The predicted molar refractivity (Wildman–Crippen MR) is 205 cm³/mol. The van der Waals surface area contributed by atoms with E-state index in [-0.39, 0.29) is 0 Å². The minimum atomic E-state index is 0.631. The number of para-hydroxylation sites is 1. The van der Waals surface area contributed by atoms with E-state index >= 15 is 0 Å². The summed E-state index contributed by atoms with van der Waals surface area (Å²) in [5.74, 6) is 1.90. The molecule has 0 amide bonds. The fourth-order valence-corrected chi connectivity index (χ4v) is 6.52. The van der Waals surface area contributed by atoms with Gasteiger partial charge in [0, 0.05) is 33.8 Å². The third-order valence-electron chi connectivity index (χ3n) is 9.18. The maximum absolute atomic E-state index is 5.11. The van der Waals surface area contributed by atoms with Crippen molar-refractivity contribution in [3.05, 3.63) is 182 Å². The molecule has 0 aliphatic carbocycles. The summed E-state index contributed by atoms with van der Waals surface area (Å²) in [6.07, 6.45) is 1.95. The van der Waals surface area contributed by atoms with Crippen LogP contribution in [-0.4, -0.2) is 19.9 Å². The largest absolute Gasteiger partial charge is 0.256 e. The van der Waals surface area contributed by atoms with Crippen molar-refractivity contribution in [2.75, 3.05) is 0 Å². The minimum absolute atomic E-state index is 0.631. The van der Waals surface area contributed by atoms with Crippen LogP contribution in [-0.2, 0) is 0 Å². The monoisotopic (exact) mass is 638 g/mol. The molecule has 234 valence electrons. The molecular formula is C46H30N4. The van der Waals surface area contributed by atoms with E-state index in [1.54, 1.807) is 0 Å². The maximum Gasteiger partial charge on any atom is 0.164 e. The molecule has 4 nitrogen and oxygen atoms in total. The lowest BCUT2D eigenvalue weighted by Gasteiger charge is -2.12. The first-order chi connectivity index (χ1) is 24.7. The first kappa shape index (κ1) is 29.4. The van der Waals surface area contributed by atoms with E-state index in [4.69, 9.17) is 19.9 Å². The number of benzene rings is 7. The quantitative estimate of drug-likeness (QED) is 0.182. The molecule has 0 atom stereocenters. The Morgan fingerprint density at radius 3 is 1.48 bits per heavy atom. The van der Waals surface area contributed by atoms with Crippen LogP contribution in [0.15, 0.2) is 182 Å². The normalized spacial score (nSPS) is 11.2. The van der Waals surface area contributed by atoms with Crippen LogP contribution in [0.1, 0.15) is 0 Å². The Kier molecular flexibility index (Phi) is 7.45. The highest BCUT2D eigenvalue weighted by Gasteiger charge is 2.15. The van der Waals surface area contributed by atoms with Crippen LogP contribution in [0.25, 0.3) is 89.2 Å². The lowest BCUT2D eigenvalue weighted by atomic mass is 9.98. The van der Waals surface area contributed by atoms with Crippen molar-refractivity contribution >= 4 is 21.7 Å². The lowest BCUT2D eigenvalue weighted by Crippen LogP contribution is -2.00. The van der Waals surface area contributed by atoms with Gasteiger partial charge in [-0.2, -0.15) is 0 Å². The third-order valence-corrected chi connectivity index (χ3v) is 9.18.